The van der Waals surface area contributed by atoms with Gasteiger partial charge < -0.3 is 4.74 Å². The summed E-state index contributed by atoms with van der Waals surface area (Å²) in [5, 5.41) is 0. The van der Waals surface area contributed by atoms with Crippen LogP contribution in [0.4, 0.5) is 0 Å². The van der Waals surface area contributed by atoms with Gasteiger partial charge in [-0.1, -0.05) is 34.5 Å². The molecule has 1 fully saturated rings. The van der Waals surface area contributed by atoms with Crippen LogP contribution in [0.25, 0.3) is 0 Å². The van der Waals surface area contributed by atoms with E-state index in [4.69, 9.17) is 4.74 Å². The molecule has 0 saturated heterocycles. The van der Waals surface area contributed by atoms with E-state index >= 15 is 0 Å². The summed E-state index contributed by atoms with van der Waals surface area (Å²) in [5.41, 5.74) is 1.43. The first-order chi connectivity index (χ1) is 7.29. The number of hydrogen-bond donors (Lipinski definition) is 0. The van der Waals surface area contributed by atoms with Crippen molar-refractivity contribution in [1.82, 2.24) is 0 Å². The summed E-state index contributed by atoms with van der Waals surface area (Å²) in [6, 6.07) is 8.50. The van der Waals surface area contributed by atoms with E-state index in [0.29, 0.717) is 10.7 Å². The predicted molar refractivity (Wildman–Crippen MR) is 66.9 cm³/mol. The van der Waals surface area contributed by atoms with Gasteiger partial charge in [-0.2, -0.15) is 0 Å². The molecule has 2 atom stereocenters. The van der Waals surface area contributed by atoms with Gasteiger partial charge in [-0.05, 0) is 42.9 Å². The number of methoxy groups -OCH3 is 1. The summed E-state index contributed by atoms with van der Waals surface area (Å²) in [6.45, 7) is 0. The van der Waals surface area contributed by atoms with Gasteiger partial charge in [-0.15, -0.1) is 0 Å². The SMILES string of the molecule is COc1cccc(C2CCCC(Br)C2)c1. The first-order valence-electron chi connectivity index (χ1n) is 5.57. The lowest BCUT2D eigenvalue weighted by Gasteiger charge is -2.26. The van der Waals surface area contributed by atoms with Crippen molar-refractivity contribution < 1.29 is 4.74 Å². The molecule has 0 radical (unpaired) electrons. The van der Waals surface area contributed by atoms with Gasteiger partial charge in [0.2, 0.25) is 0 Å². The van der Waals surface area contributed by atoms with Gasteiger partial charge in [0.1, 0.15) is 5.75 Å². The maximum Gasteiger partial charge on any atom is 0.119 e. The van der Waals surface area contributed by atoms with Gasteiger partial charge in [0.05, 0.1) is 7.11 Å². The predicted octanol–water partition coefficient (Wildman–Crippen LogP) is 4.12. The Morgan fingerprint density at radius 2 is 2.20 bits per heavy atom. The first-order valence-corrected chi connectivity index (χ1v) is 6.49. The van der Waals surface area contributed by atoms with E-state index in [-0.39, 0.29) is 0 Å². The maximum atomic E-state index is 5.26. The number of rotatable bonds is 2. The van der Waals surface area contributed by atoms with Crippen molar-refractivity contribution >= 4 is 15.9 Å². The molecule has 0 aliphatic heterocycles. The summed E-state index contributed by atoms with van der Waals surface area (Å²) in [5.74, 6) is 1.68. The molecular formula is C13H17BrO. The van der Waals surface area contributed by atoms with E-state index in [1.165, 1.54) is 31.2 Å². The summed E-state index contributed by atoms with van der Waals surface area (Å²) in [4.78, 5) is 0.697. The monoisotopic (exact) mass is 268 g/mol. The van der Waals surface area contributed by atoms with E-state index in [9.17, 15) is 0 Å². The second-order valence-electron chi connectivity index (χ2n) is 4.24. The molecule has 1 aromatic carbocycles. The van der Waals surface area contributed by atoms with Crippen molar-refractivity contribution in [2.45, 2.75) is 36.4 Å². The molecule has 1 aromatic rings. The highest BCUT2D eigenvalue weighted by molar-refractivity contribution is 9.09. The Bertz CT molecular complexity index is 324. The van der Waals surface area contributed by atoms with Crippen LogP contribution in [0.5, 0.6) is 5.75 Å². The molecule has 1 saturated carbocycles. The first kappa shape index (κ1) is 11.0. The topological polar surface area (TPSA) is 9.23 Å². The van der Waals surface area contributed by atoms with Crippen LogP contribution in [0.3, 0.4) is 0 Å². The molecule has 0 bridgehead atoms. The minimum Gasteiger partial charge on any atom is -0.497 e. The van der Waals surface area contributed by atoms with Crippen LogP contribution < -0.4 is 4.74 Å². The minimum absolute atomic E-state index is 0.697. The van der Waals surface area contributed by atoms with Gasteiger partial charge in [0.15, 0.2) is 0 Å². The second-order valence-corrected chi connectivity index (χ2v) is 5.53. The molecule has 0 N–H and O–H groups in total. The Kier molecular flexibility index (Phi) is 3.68. The molecule has 0 aromatic heterocycles. The molecule has 1 aliphatic rings. The molecule has 0 spiro atoms. The van der Waals surface area contributed by atoms with Crippen LogP contribution in [-0.2, 0) is 0 Å². The van der Waals surface area contributed by atoms with Crippen LogP contribution in [0, 0.1) is 0 Å². The largest absolute Gasteiger partial charge is 0.497 e. The van der Waals surface area contributed by atoms with Crippen LogP contribution >= 0.6 is 15.9 Å². The summed E-state index contributed by atoms with van der Waals surface area (Å²) >= 11 is 3.73. The zero-order valence-electron chi connectivity index (χ0n) is 9.08. The van der Waals surface area contributed by atoms with Crippen LogP contribution in [-0.4, -0.2) is 11.9 Å². The zero-order valence-corrected chi connectivity index (χ0v) is 10.7. The molecule has 2 rings (SSSR count). The zero-order chi connectivity index (χ0) is 10.7. The molecule has 0 amide bonds. The van der Waals surface area contributed by atoms with Gasteiger partial charge in [0, 0.05) is 4.83 Å². The lowest BCUT2D eigenvalue weighted by atomic mass is 9.84. The van der Waals surface area contributed by atoms with Crippen LogP contribution in [0.2, 0.25) is 0 Å². The van der Waals surface area contributed by atoms with E-state index in [1.807, 2.05) is 6.07 Å². The van der Waals surface area contributed by atoms with Crippen molar-refractivity contribution in [2.75, 3.05) is 7.11 Å². The fourth-order valence-corrected chi connectivity index (χ4v) is 3.10. The Hall–Kier alpha value is -0.500. The molecular weight excluding hydrogens is 252 g/mol. The Balaban J connectivity index is 2.13. The van der Waals surface area contributed by atoms with Crippen molar-refractivity contribution in [2.24, 2.45) is 0 Å². The Labute approximate surface area is 100.0 Å². The van der Waals surface area contributed by atoms with E-state index in [0.717, 1.165) is 5.75 Å². The summed E-state index contributed by atoms with van der Waals surface area (Å²) < 4.78 is 5.26. The van der Waals surface area contributed by atoms with E-state index in [2.05, 4.69) is 34.1 Å². The molecule has 15 heavy (non-hydrogen) atoms. The minimum atomic E-state index is 0.697. The lowest BCUT2D eigenvalue weighted by Crippen LogP contribution is -2.13. The molecule has 2 unspecified atom stereocenters. The average molecular weight is 269 g/mol. The third kappa shape index (κ3) is 2.75. The third-order valence-corrected chi connectivity index (χ3v) is 4.01. The number of halogens is 1. The van der Waals surface area contributed by atoms with E-state index < -0.39 is 0 Å². The Morgan fingerprint density at radius 3 is 2.93 bits per heavy atom. The van der Waals surface area contributed by atoms with Gasteiger partial charge in [-0.3, -0.25) is 0 Å². The third-order valence-electron chi connectivity index (χ3n) is 3.18. The van der Waals surface area contributed by atoms with Gasteiger partial charge in [-0.25, -0.2) is 0 Å². The van der Waals surface area contributed by atoms with Crippen molar-refractivity contribution in [3.8, 4) is 5.75 Å². The van der Waals surface area contributed by atoms with Gasteiger partial charge >= 0.3 is 0 Å². The van der Waals surface area contributed by atoms with Crippen LogP contribution in [0.1, 0.15) is 37.2 Å². The van der Waals surface area contributed by atoms with Crippen molar-refractivity contribution in [3.63, 3.8) is 0 Å². The summed E-state index contributed by atoms with van der Waals surface area (Å²) in [6.07, 6.45) is 5.22. The molecule has 0 heterocycles. The quantitative estimate of drug-likeness (QED) is 0.734. The standard InChI is InChI=1S/C13H17BrO/c1-15-13-7-3-5-11(9-13)10-4-2-6-12(14)8-10/h3,5,7,9-10,12H,2,4,6,8H2,1H3. The normalized spacial score (nSPS) is 26.3. The maximum absolute atomic E-state index is 5.26. The Morgan fingerprint density at radius 1 is 1.33 bits per heavy atom. The highest BCUT2D eigenvalue weighted by Crippen LogP contribution is 2.36. The lowest BCUT2D eigenvalue weighted by molar-refractivity contribution is 0.411. The summed E-state index contributed by atoms with van der Waals surface area (Å²) in [7, 11) is 1.73. The molecule has 1 aliphatic carbocycles. The van der Waals surface area contributed by atoms with Crippen molar-refractivity contribution in [1.29, 1.82) is 0 Å². The van der Waals surface area contributed by atoms with E-state index in [1.54, 1.807) is 7.11 Å². The average Bonchev–Trinajstić information content (AvgIpc) is 2.29. The highest BCUT2D eigenvalue weighted by atomic mass is 79.9. The number of ether oxygens (including phenoxy) is 1. The molecule has 82 valence electrons. The van der Waals surface area contributed by atoms with Crippen LogP contribution in [0.15, 0.2) is 24.3 Å². The highest BCUT2D eigenvalue weighted by Gasteiger charge is 2.21. The fraction of sp³-hybridized carbons (Fsp3) is 0.538. The molecule has 1 nitrogen and oxygen atoms in total. The van der Waals surface area contributed by atoms with Crippen molar-refractivity contribution in [3.05, 3.63) is 29.8 Å². The molecule has 2 heteroatoms. The second kappa shape index (κ2) is 5.02. The smallest absolute Gasteiger partial charge is 0.119 e. The van der Waals surface area contributed by atoms with Gasteiger partial charge in [0.25, 0.3) is 0 Å². The fourth-order valence-electron chi connectivity index (χ4n) is 2.33. The number of hydrogen-bond acceptors (Lipinski definition) is 1. The number of alkyl halides is 1. The number of benzene rings is 1.